The van der Waals surface area contributed by atoms with E-state index in [1.54, 1.807) is 24.3 Å². The summed E-state index contributed by atoms with van der Waals surface area (Å²) in [5, 5.41) is 19.0. The van der Waals surface area contributed by atoms with Gasteiger partial charge in [0.05, 0.1) is 17.7 Å². The Kier molecular flexibility index (Phi) is 7.85. The second kappa shape index (κ2) is 10.1. The number of unbranched alkanes of at least 4 members (excludes halogenated alkanes) is 2. The number of carboxylic acid groups (broad SMARTS) is 1. The normalized spacial score (nSPS) is 18.6. The molecule has 2 atom stereocenters. The van der Waals surface area contributed by atoms with Crippen molar-refractivity contribution >= 4 is 11.9 Å². The highest BCUT2D eigenvalue weighted by Gasteiger charge is 2.28. The van der Waals surface area contributed by atoms with Crippen LogP contribution in [0.5, 0.6) is 0 Å². The molecule has 1 aliphatic rings. The number of amides is 1. The molecule has 1 aromatic carbocycles. The Labute approximate surface area is 155 Å². The van der Waals surface area contributed by atoms with Crippen LogP contribution in [-0.4, -0.2) is 45.7 Å². The van der Waals surface area contributed by atoms with Crippen molar-refractivity contribution in [1.82, 2.24) is 4.90 Å². The molecule has 1 fully saturated rings. The Morgan fingerprint density at radius 2 is 2.04 bits per heavy atom. The first-order valence-corrected chi connectivity index (χ1v) is 9.49. The van der Waals surface area contributed by atoms with Crippen LogP contribution in [0.1, 0.15) is 61.4 Å². The van der Waals surface area contributed by atoms with Gasteiger partial charge < -0.3 is 15.1 Å². The first-order chi connectivity index (χ1) is 12.5. The van der Waals surface area contributed by atoms with Crippen LogP contribution in [0.2, 0.25) is 0 Å². The minimum Gasteiger partial charge on any atom is -0.478 e. The highest BCUT2D eigenvalue weighted by atomic mass is 16.4. The summed E-state index contributed by atoms with van der Waals surface area (Å²) in [6, 6.07) is 6.82. The molecule has 1 heterocycles. The number of rotatable bonds is 10. The van der Waals surface area contributed by atoms with Crippen LogP contribution in [0, 0.1) is 0 Å². The lowest BCUT2D eigenvalue weighted by Crippen LogP contribution is -2.33. The van der Waals surface area contributed by atoms with E-state index in [0.717, 1.165) is 37.7 Å². The van der Waals surface area contributed by atoms with E-state index >= 15 is 0 Å². The average Bonchev–Trinajstić information content (AvgIpc) is 2.98. The molecule has 0 radical (unpaired) electrons. The number of hydrogen-bond acceptors (Lipinski definition) is 3. The number of aliphatic hydroxyl groups is 1. The number of carbonyl (C=O) groups is 2. The molecule has 1 amide bonds. The van der Waals surface area contributed by atoms with Crippen molar-refractivity contribution in [1.29, 1.82) is 0 Å². The Morgan fingerprint density at radius 3 is 2.69 bits per heavy atom. The summed E-state index contributed by atoms with van der Waals surface area (Å²) in [5.41, 5.74) is 1.28. The van der Waals surface area contributed by atoms with Gasteiger partial charge in [-0.25, -0.2) is 4.79 Å². The number of carbonyl (C=O) groups excluding carboxylic acids is 1. The van der Waals surface area contributed by atoms with Gasteiger partial charge in [0.1, 0.15) is 0 Å². The van der Waals surface area contributed by atoms with Crippen molar-refractivity contribution in [3.63, 3.8) is 0 Å². The minimum absolute atomic E-state index is 0.0432. The molecular formula is C21H29NO4. The van der Waals surface area contributed by atoms with E-state index in [2.05, 4.69) is 6.92 Å². The molecule has 0 aliphatic carbocycles. The van der Waals surface area contributed by atoms with Gasteiger partial charge in [-0.05, 0) is 37.0 Å². The molecule has 0 bridgehead atoms. The van der Waals surface area contributed by atoms with Gasteiger partial charge >= 0.3 is 5.97 Å². The van der Waals surface area contributed by atoms with Crippen LogP contribution < -0.4 is 0 Å². The predicted octanol–water partition coefficient (Wildman–Crippen LogP) is 3.42. The van der Waals surface area contributed by atoms with Crippen LogP contribution in [0.3, 0.4) is 0 Å². The highest BCUT2D eigenvalue weighted by Crippen LogP contribution is 2.21. The lowest BCUT2D eigenvalue weighted by Gasteiger charge is -2.22. The summed E-state index contributed by atoms with van der Waals surface area (Å²) in [7, 11) is 0. The monoisotopic (exact) mass is 359 g/mol. The first kappa shape index (κ1) is 20.2. The molecule has 1 aliphatic heterocycles. The standard InChI is InChI=1S/C21H29NO4/c1-2-3-4-5-19(23)12-10-18-11-13-20(24)22(18)15-14-16-6-8-17(9-7-16)21(25)26/h6-10,12,18-19,23H,2-5,11,13-15H2,1H3,(H,25,26)/t18-,19+/m1/s1. The van der Waals surface area contributed by atoms with Gasteiger partial charge in [0.25, 0.3) is 0 Å². The van der Waals surface area contributed by atoms with Gasteiger partial charge in [0.2, 0.25) is 5.91 Å². The van der Waals surface area contributed by atoms with Gasteiger partial charge in [-0.15, -0.1) is 0 Å². The molecular weight excluding hydrogens is 330 g/mol. The fourth-order valence-electron chi connectivity index (χ4n) is 3.27. The second-order valence-corrected chi connectivity index (χ2v) is 6.89. The van der Waals surface area contributed by atoms with Gasteiger partial charge in [0.15, 0.2) is 0 Å². The molecule has 2 rings (SSSR count). The number of carboxylic acids is 1. The SMILES string of the molecule is CCCCC[C@H](O)C=C[C@@H]1CCC(=O)N1CCc1ccc(C(=O)O)cc1. The third-order valence-corrected chi connectivity index (χ3v) is 4.88. The number of nitrogens with zero attached hydrogens (tertiary/aromatic N) is 1. The maximum absolute atomic E-state index is 12.2. The number of aromatic carboxylic acids is 1. The largest absolute Gasteiger partial charge is 0.478 e. The Morgan fingerprint density at radius 1 is 1.31 bits per heavy atom. The molecule has 0 unspecified atom stereocenters. The summed E-state index contributed by atoms with van der Waals surface area (Å²) in [4.78, 5) is 24.9. The van der Waals surface area contributed by atoms with E-state index in [9.17, 15) is 14.7 Å². The quantitative estimate of drug-likeness (QED) is 0.496. The zero-order valence-corrected chi connectivity index (χ0v) is 15.4. The second-order valence-electron chi connectivity index (χ2n) is 6.89. The average molecular weight is 359 g/mol. The zero-order valence-electron chi connectivity index (χ0n) is 15.4. The molecule has 0 aromatic heterocycles. The number of likely N-dealkylation sites (tertiary alicyclic amines) is 1. The van der Waals surface area contributed by atoms with Crippen LogP contribution in [0.25, 0.3) is 0 Å². The Bertz CT molecular complexity index is 623. The number of benzene rings is 1. The third kappa shape index (κ3) is 5.99. The van der Waals surface area contributed by atoms with E-state index in [-0.39, 0.29) is 17.5 Å². The predicted molar refractivity (Wildman–Crippen MR) is 101 cm³/mol. The molecule has 26 heavy (non-hydrogen) atoms. The maximum atomic E-state index is 12.2. The number of aliphatic hydroxyl groups excluding tert-OH is 1. The fraction of sp³-hybridized carbons (Fsp3) is 0.524. The third-order valence-electron chi connectivity index (χ3n) is 4.88. The molecule has 1 aromatic rings. The summed E-state index contributed by atoms with van der Waals surface area (Å²) in [6.45, 7) is 2.74. The summed E-state index contributed by atoms with van der Waals surface area (Å²) in [5.74, 6) is -0.795. The molecule has 142 valence electrons. The van der Waals surface area contributed by atoms with Gasteiger partial charge in [-0.2, -0.15) is 0 Å². The molecule has 5 heteroatoms. The van der Waals surface area contributed by atoms with Gasteiger partial charge in [0, 0.05) is 13.0 Å². The van der Waals surface area contributed by atoms with Crippen molar-refractivity contribution in [2.24, 2.45) is 0 Å². The zero-order chi connectivity index (χ0) is 18.9. The van der Waals surface area contributed by atoms with Crippen molar-refractivity contribution in [3.05, 3.63) is 47.5 Å². The smallest absolute Gasteiger partial charge is 0.335 e. The van der Waals surface area contributed by atoms with E-state index in [4.69, 9.17) is 5.11 Å². The summed E-state index contributed by atoms with van der Waals surface area (Å²) in [6.07, 6.45) is 9.41. The number of hydrogen-bond donors (Lipinski definition) is 2. The van der Waals surface area contributed by atoms with Crippen molar-refractivity contribution < 1.29 is 19.8 Å². The summed E-state index contributed by atoms with van der Waals surface area (Å²) >= 11 is 0. The van der Waals surface area contributed by atoms with Crippen LogP contribution in [0.4, 0.5) is 0 Å². The van der Waals surface area contributed by atoms with Crippen molar-refractivity contribution in [2.45, 2.75) is 64.0 Å². The lowest BCUT2D eigenvalue weighted by molar-refractivity contribution is -0.128. The fourth-order valence-corrected chi connectivity index (χ4v) is 3.27. The summed E-state index contributed by atoms with van der Waals surface area (Å²) < 4.78 is 0. The molecule has 5 nitrogen and oxygen atoms in total. The van der Waals surface area contributed by atoms with Gasteiger partial charge in [-0.3, -0.25) is 4.79 Å². The highest BCUT2D eigenvalue weighted by molar-refractivity contribution is 5.87. The van der Waals surface area contributed by atoms with Crippen LogP contribution in [0.15, 0.2) is 36.4 Å². The Balaban J connectivity index is 1.87. The topological polar surface area (TPSA) is 77.8 Å². The van der Waals surface area contributed by atoms with E-state index in [0.29, 0.717) is 19.4 Å². The van der Waals surface area contributed by atoms with Crippen molar-refractivity contribution in [2.75, 3.05) is 6.54 Å². The molecule has 0 spiro atoms. The van der Waals surface area contributed by atoms with Crippen LogP contribution >= 0.6 is 0 Å². The van der Waals surface area contributed by atoms with Crippen molar-refractivity contribution in [3.8, 4) is 0 Å². The van der Waals surface area contributed by atoms with E-state index in [1.807, 2.05) is 17.1 Å². The van der Waals surface area contributed by atoms with E-state index in [1.165, 1.54) is 0 Å². The van der Waals surface area contributed by atoms with E-state index < -0.39 is 12.1 Å². The molecule has 0 saturated carbocycles. The first-order valence-electron chi connectivity index (χ1n) is 9.49. The lowest BCUT2D eigenvalue weighted by atomic mass is 10.1. The molecule has 1 saturated heterocycles. The maximum Gasteiger partial charge on any atom is 0.335 e. The Hall–Kier alpha value is -2.14. The van der Waals surface area contributed by atoms with Crippen LogP contribution in [-0.2, 0) is 11.2 Å². The minimum atomic E-state index is -0.936. The van der Waals surface area contributed by atoms with Gasteiger partial charge in [-0.1, -0.05) is 50.5 Å². The molecule has 2 N–H and O–H groups in total.